The van der Waals surface area contributed by atoms with Gasteiger partial charge in [0.1, 0.15) is 11.5 Å². The number of hydrogen-bond donors (Lipinski definition) is 1. The second-order valence-corrected chi connectivity index (χ2v) is 8.33. The molecule has 0 saturated carbocycles. The van der Waals surface area contributed by atoms with E-state index < -0.39 is 0 Å². The van der Waals surface area contributed by atoms with Gasteiger partial charge in [0.05, 0.1) is 13.7 Å². The summed E-state index contributed by atoms with van der Waals surface area (Å²) in [5.74, 6) is 1.29. The second-order valence-electron chi connectivity index (χ2n) is 7.30. The highest BCUT2D eigenvalue weighted by molar-refractivity contribution is 7.09. The molecule has 2 amide bonds. The van der Waals surface area contributed by atoms with Gasteiger partial charge in [-0.25, -0.2) is 0 Å². The number of hydrogen-bond acceptors (Lipinski definition) is 5. The molecule has 2 heterocycles. The second kappa shape index (κ2) is 9.66. The van der Waals surface area contributed by atoms with E-state index in [2.05, 4.69) is 5.32 Å². The van der Waals surface area contributed by atoms with Crippen molar-refractivity contribution >= 4 is 28.8 Å². The van der Waals surface area contributed by atoms with Crippen molar-refractivity contribution < 1.29 is 19.1 Å². The zero-order valence-corrected chi connectivity index (χ0v) is 18.1. The van der Waals surface area contributed by atoms with Gasteiger partial charge in [-0.1, -0.05) is 24.3 Å². The zero-order valence-electron chi connectivity index (χ0n) is 17.3. The van der Waals surface area contributed by atoms with Crippen molar-refractivity contribution in [1.82, 2.24) is 4.90 Å². The first-order valence-corrected chi connectivity index (χ1v) is 11.0. The highest BCUT2D eigenvalue weighted by atomic mass is 32.1. The maximum absolute atomic E-state index is 13.1. The average molecular weight is 437 g/mol. The van der Waals surface area contributed by atoms with Crippen LogP contribution in [0, 0.1) is 0 Å². The number of fused-ring (bicyclic) bond motifs is 1. The number of carbonyl (C=O) groups is 2. The Kier molecular flexibility index (Phi) is 6.52. The summed E-state index contributed by atoms with van der Waals surface area (Å²) in [7, 11) is 1.63. The lowest BCUT2D eigenvalue weighted by atomic mass is 10.0. The summed E-state index contributed by atoms with van der Waals surface area (Å²) in [5, 5.41) is 4.86. The third-order valence-corrected chi connectivity index (χ3v) is 6.03. The minimum Gasteiger partial charge on any atom is -0.496 e. The van der Waals surface area contributed by atoms with Gasteiger partial charge in [-0.2, -0.15) is 0 Å². The van der Waals surface area contributed by atoms with E-state index >= 15 is 0 Å². The summed E-state index contributed by atoms with van der Waals surface area (Å²) < 4.78 is 11.3. The minimum absolute atomic E-state index is 0.0249. The number of rotatable bonds is 8. The fraction of sp³-hybridized carbons (Fsp3) is 0.250. The first kappa shape index (κ1) is 20.9. The molecular weight excluding hydrogens is 412 g/mol. The van der Waals surface area contributed by atoms with E-state index in [1.54, 1.807) is 29.4 Å². The number of ether oxygens (including phenoxy) is 2. The molecule has 3 aromatic rings. The van der Waals surface area contributed by atoms with Crippen molar-refractivity contribution in [3.63, 3.8) is 0 Å². The van der Waals surface area contributed by atoms with Gasteiger partial charge in [0.25, 0.3) is 5.91 Å². The molecule has 1 aliphatic heterocycles. The molecule has 1 N–H and O–H groups in total. The van der Waals surface area contributed by atoms with E-state index in [4.69, 9.17) is 9.47 Å². The Labute approximate surface area is 185 Å². The van der Waals surface area contributed by atoms with Gasteiger partial charge in [0.2, 0.25) is 5.91 Å². The third kappa shape index (κ3) is 5.24. The number of amides is 2. The Balaban J connectivity index is 1.46. The largest absolute Gasteiger partial charge is 0.496 e. The Morgan fingerprint density at radius 1 is 1.10 bits per heavy atom. The summed E-state index contributed by atoms with van der Waals surface area (Å²) in [4.78, 5) is 27.5. The number of anilines is 1. The van der Waals surface area contributed by atoms with Gasteiger partial charge in [-0.05, 0) is 47.7 Å². The number of aryl methyl sites for hydroxylation is 1. The normalized spacial score (nSPS) is 12.6. The lowest BCUT2D eigenvalue weighted by Crippen LogP contribution is -2.34. The van der Waals surface area contributed by atoms with Crippen LogP contribution in [0.3, 0.4) is 0 Å². The maximum atomic E-state index is 13.1. The molecular formula is C24H24N2O4S. The topological polar surface area (TPSA) is 67.9 Å². The van der Waals surface area contributed by atoms with Crippen molar-refractivity contribution in [2.45, 2.75) is 25.9 Å². The van der Waals surface area contributed by atoms with Crippen LogP contribution in [-0.4, -0.2) is 30.4 Å². The quantitative estimate of drug-likeness (QED) is 0.573. The molecule has 1 aromatic heterocycles. The summed E-state index contributed by atoms with van der Waals surface area (Å²) in [5.41, 5.74) is 2.78. The van der Waals surface area contributed by atoms with Crippen LogP contribution in [0.5, 0.6) is 11.5 Å². The summed E-state index contributed by atoms with van der Waals surface area (Å²) >= 11 is 1.62. The van der Waals surface area contributed by atoms with E-state index in [0.717, 1.165) is 27.4 Å². The van der Waals surface area contributed by atoms with Crippen LogP contribution in [0.15, 0.2) is 60.0 Å². The SMILES string of the molecule is COc1ccccc1CN(Cc1cccs1)C(=O)COc1ccc2c(c1)CCC(=O)N2. The van der Waals surface area contributed by atoms with Gasteiger partial charge in [-0.3, -0.25) is 9.59 Å². The van der Waals surface area contributed by atoms with Crippen LogP contribution < -0.4 is 14.8 Å². The van der Waals surface area contributed by atoms with Crippen LogP contribution in [0.4, 0.5) is 5.69 Å². The predicted octanol–water partition coefficient (Wildman–Crippen LogP) is 4.25. The average Bonchev–Trinajstić information content (AvgIpc) is 3.30. The number of nitrogens with one attached hydrogen (secondary N) is 1. The zero-order chi connectivity index (χ0) is 21.6. The number of methoxy groups -OCH3 is 1. The molecule has 4 rings (SSSR count). The van der Waals surface area contributed by atoms with Gasteiger partial charge < -0.3 is 19.7 Å². The Bertz CT molecular complexity index is 1070. The molecule has 0 bridgehead atoms. The van der Waals surface area contributed by atoms with Crippen LogP contribution in [0.25, 0.3) is 0 Å². The highest BCUT2D eigenvalue weighted by Gasteiger charge is 2.19. The van der Waals surface area contributed by atoms with E-state index in [1.807, 2.05) is 53.9 Å². The molecule has 7 heteroatoms. The van der Waals surface area contributed by atoms with Crippen molar-refractivity contribution in [3.05, 3.63) is 76.0 Å². The van der Waals surface area contributed by atoms with Crippen LogP contribution in [0.1, 0.15) is 22.4 Å². The fourth-order valence-electron chi connectivity index (χ4n) is 3.55. The summed E-state index contributed by atoms with van der Waals surface area (Å²) in [6.45, 7) is 0.875. The van der Waals surface area contributed by atoms with E-state index in [0.29, 0.717) is 31.7 Å². The molecule has 0 fully saturated rings. The molecule has 1 aliphatic rings. The smallest absolute Gasteiger partial charge is 0.261 e. The fourth-order valence-corrected chi connectivity index (χ4v) is 4.27. The van der Waals surface area contributed by atoms with E-state index in [-0.39, 0.29) is 18.4 Å². The maximum Gasteiger partial charge on any atom is 0.261 e. The number of nitrogens with zero attached hydrogens (tertiary/aromatic N) is 1. The van der Waals surface area contributed by atoms with Crippen LogP contribution >= 0.6 is 11.3 Å². The van der Waals surface area contributed by atoms with Gasteiger partial charge in [0.15, 0.2) is 6.61 Å². The van der Waals surface area contributed by atoms with E-state index in [9.17, 15) is 9.59 Å². The lowest BCUT2D eigenvalue weighted by molar-refractivity contribution is -0.134. The number of para-hydroxylation sites is 1. The molecule has 0 unspecified atom stereocenters. The highest BCUT2D eigenvalue weighted by Crippen LogP contribution is 2.27. The van der Waals surface area contributed by atoms with Crippen LogP contribution in [0.2, 0.25) is 0 Å². The molecule has 0 aliphatic carbocycles. The first-order chi connectivity index (χ1) is 15.1. The number of benzene rings is 2. The first-order valence-electron chi connectivity index (χ1n) is 10.1. The number of carbonyl (C=O) groups excluding carboxylic acids is 2. The molecule has 0 saturated heterocycles. The molecule has 31 heavy (non-hydrogen) atoms. The third-order valence-electron chi connectivity index (χ3n) is 5.17. The van der Waals surface area contributed by atoms with Crippen LogP contribution in [-0.2, 0) is 29.1 Å². The predicted molar refractivity (Wildman–Crippen MR) is 120 cm³/mol. The lowest BCUT2D eigenvalue weighted by Gasteiger charge is -2.24. The monoisotopic (exact) mass is 436 g/mol. The summed E-state index contributed by atoms with van der Waals surface area (Å²) in [6.07, 6.45) is 1.13. The minimum atomic E-state index is -0.106. The van der Waals surface area contributed by atoms with Crippen molar-refractivity contribution in [2.75, 3.05) is 19.0 Å². The Hall–Kier alpha value is -3.32. The molecule has 0 atom stereocenters. The van der Waals surface area contributed by atoms with Gasteiger partial charge >= 0.3 is 0 Å². The van der Waals surface area contributed by atoms with Crippen molar-refractivity contribution in [3.8, 4) is 11.5 Å². The Morgan fingerprint density at radius 2 is 1.97 bits per heavy atom. The molecule has 160 valence electrons. The standard InChI is InChI=1S/C24H24N2O4S/c1-29-22-7-3-2-5-18(22)14-26(15-20-6-4-12-31-20)24(28)16-30-19-9-10-21-17(13-19)8-11-23(27)25-21/h2-7,9-10,12-13H,8,11,14-16H2,1H3,(H,25,27). The van der Waals surface area contributed by atoms with Gasteiger partial charge in [0, 0.05) is 29.1 Å². The summed E-state index contributed by atoms with van der Waals surface area (Å²) in [6, 6.07) is 17.2. The number of thiophene rings is 1. The molecule has 0 radical (unpaired) electrons. The molecule has 6 nitrogen and oxygen atoms in total. The molecule has 0 spiro atoms. The molecule has 2 aromatic carbocycles. The van der Waals surface area contributed by atoms with Gasteiger partial charge in [-0.15, -0.1) is 11.3 Å². The van der Waals surface area contributed by atoms with Crippen molar-refractivity contribution in [1.29, 1.82) is 0 Å². The Morgan fingerprint density at radius 3 is 2.77 bits per heavy atom. The van der Waals surface area contributed by atoms with E-state index in [1.165, 1.54) is 0 Å². The van der Waals surface area contributed by atoms with Crippen molar-refractivity contribution in [2.24, 2.45) is 0 Å².